The van der Waals surface area contributed by atoms with Gasteiger partial charge in [0.2, 0.25) is 5.75 Å². The molecule has 0 unspecified atom stereocenters. The molecule has 1 aromatic carbocycles. The van der Waals surface area contributed by atoms with Crippen molar-refractivity contribution < 1.29 is 18.9 Å². The van der Waals surface area contributed by atoms with E-state index in [1.807, 2.05) is 33.6 Å². The fraction of sp³-hybridized carbons (Fsp3) is 0.407. The second-order valence-corrected chi connectivity index (χ2v) is 8.93. The van der Waals surface area contributed by atoms with Crippen LogP contribution in [-0.4, -0.2) is 98.5 Å². The zero-order chi connectivity index (χ0) is 27.1. The second-order valence-electron chi connectivity index (χ2n) is 8.93. The number of nitrogens with one attached hydrogen (secondary N) is 1. The monoisotopic (exact) mass is 523 g/mol. The summed E-state index contributed by atoms with van der Waals surface area (Å²) in [6, 6.07) is 7.79. The lowest BCUT2D eigenvalue weighted by atomic mass is 10.2. The Bertz CT molecular complexity index is 1220. The summed E-state index contributed by atoms with van der Waals surface area (Å²) in [5.41, 5.74) is 3.37. The van der Waals surface area contributed by atoms with Crippen LogP contribution in [0.5, 0.6) is 17.2 Å². The second kappa shape index (κ2) is 12.6. The van der Waals surface area contributed by atoms with Crippen LogP contribution < -0.4 is 19.5 Å². The molecule has 0 amide bonds. The maximum Gasteiger partial charge on any atom is 0.203 e. The predicted octanol–water partition coefficient (Wildman–Crippen LogP) is 3.01. The van der Waals surface area contributed by atoms with Crippen LogP contribution in [-0.2, 0) is 11.3 Å². The molecule has 3 aromatic rings. The number of rotatable bonds is 13. The van der Waals surface area contributed by atoms with Gasteiger partial charge in [0.25, 0.3) is 0 Å². The van der Waals surface area contributed by atoms with Crippen LogP contribution in [0.2, 0.25) is 0 Å². The molecule has 11 nitrogen and oxygen atoms in total. The molecule has 1 N–H and O–H groups in total. The Labute approximate surface area is 223 Å². The van der Waals surface area contributed by atoms with Crippen molar-refractivity contribution in [2.45, 2.75) is 6.54 Å². The highest BCUT2D eigenvalue weighted by Gasteiger charge is 2.20. The maximum absolute atomic E-state index is 5.47. The van der Waals surface area contributed by atoms with Gasteiger partial charge < -0.3 is 28.8 Å². The quantitative estimate of drug-likeness (QED) is 0.342. The van der Waals surface area contributed by atoms with E-state index in [0.29, 0.717) is 28.8 Å². The Morgan fingerprint density at radius 3 is 2.29 bits per heavy atom. The highest BCUT2D eigenvalue weighted by molar-refractivity contribution is 5.72. The van der Waals surface area contributed by atoms with E-state index in [1.54, 1.807) is 34.8 Å². The van der Waals surface area contributed by atoms with Crippen molar-refractivity contribution in [3.63, 3.8) is 0 Å². The fourth-order valence-electron chi connectivity index (χ4n) is 4.57. The molecule has 1 saturated heterocycles. The van der Waals surface area contributed by atoms with Gasteiger partial charge in [0.15, 0.2) is 11.5 Å². The van der Waals surface area contributed by atoms with Crippen molar-refractivity contribution in [1.82, 2.24) is 24.0 Å². The van der Waals surface area contributed by atoms with E-state index in [9.17, 15) is 0 Å². The average Bonchev–Trinajstić information content (AvgIpc) is 3.58. The topological polar surface area (TPSA) is 90.5 Å². The lowest BCUT2D eigenvalue weighted by Crippen LogP contribution is -2.46. The molecule has 0 aliphatic carbocycles. The Morgan fingerprint density at radius 1 is 1.00 bits per heavy atom. The zero-order valence-electron chi connectivity index (χ0n) is 22.6. The van der Waals surface area contributed by atoms with Crippen LogP contribution in [0.3, 0.4) is 0 Å². The summed E-state index contributed by atoms with van der Waals surface area (Å²) in [4.78, 5) is 9.36. The highest BCUT2D eigenvalue weighted by atomic mass is 16.5. The first kappa shape index (κ1) is 27.2. The number of methoxy groups -OCH3 is 4. The van der Waals surface area contributed by atoms with Gasteiger partial charge in [-0.05, 0) is 12.1 Å². The first-order chi connectivity index (χ1) is 18.5. The van der Waals surface area contributed by atoms with Crippen molar-refractivity contribution in [3.8, 4) is 22.9 Å². The molecule has 38 heavy (non-hydrogen) atoms. The predicted molar refractivity (Wildman–Crippen MR) is 149 cm³/mol. The first-order valence-electron chi connectivity index (χ1n) is 12.4. The van der Waals surface area contributed by atoms with Gasteiger partial charge >= 0.3 is 0 Å². The van der Waals surface area contributed by atoms with Gasteiger partial charge in [0.05, 0.1) is 56.9 Å². The molecular formula is C27H37N7O4. The minimum atomic E-state index is 0.534. The summed E-state index contributed by atoms with van der Waals surface area (Å²) in [5, 5.41) is 7.56. The molecule has 204 valence electrons. The van der Waals surface area contributed by atoms with Crippen LogP contribution in [0, 0.1) is 0 Å². The Kier molecular flexibility index (Phi) is 9.06. The minimum absolute atomic E-state index is 0.534. The molecule has 0 spiro atoms. The molecule has 1 aliphatic heterocycles. The van der Waals surface area contributed by atoms with Gasteiger partial charge in [0, 0.05) is 65.2 Å². The third-order valence-corrected chi connectivity index (χ3v) is 6.66. The number of aromatic nitrogens is 3. The summed E-state index contributed by atoms with van der Waals surface area (Å²) < 4.78 is 25.3. The van der Waals surface area contributed by atoms with E-state index in [2.05, 4.69) is 44.6 Å². The van der Waals surface area contributed by atoms with Gasteiger partial charge in [-0.1, -0.05) is 6.58 Å². The number of hydrogen-bond acceptors (Lipinski definition) is 9. The Balaban J connectivity index is 1.43. The van der Waals surface area contributed by atoms with E-state index < -0.39 is 0 Å². The molecule has 11 heteroatoms. The average molecular weight is 524 g/mol. The zero-order valence-corrected chi connectivity index (χ0v) is 22.6. The van der Waals surface area contributed by atoms with Crippen molar-refractivity contribution in [1.29, 1.82) is 0 Å². The van der Waals surface area contributed by atoms with E-state index in [4.69, 9.17) is 18.9 Å². The van der Waals surface area contributed by atoms with Gasteiger partial charge in [0.1, 0.15) is 12.1 Å². The Hall–Kier alpha value is -3.80. The van der Waals surface area contributed by atoms with Crippen LogP contribution >= 0.6 is 0 Å². The number of nitrogens with zero attached hydrogens (tertiary/aromatic N) is 6. The summed E-state index contributed by atoms with van der Waals surface area (Å²) in [6.45, 7) is 14.6. The summed E-state index contributed by atoms with van der Waals surface area (Å²) >= 11 is 0. The van der Waals surface area contributed by atoms with Crippen molar-refractivity contribution in [2.24, 2.45) is 5.10 Å². The number of benzene rings is 1. The van der Waals surface area contributed by atoms with Crippen LogP contribution in [0.15, 0.2) is 48.5 Å². The Morgan fingerprint density at radius 2 is 1.68 bits per heavy atom. The number of imidazole rings is 1. The highest BCUT2D eigenvalue weighted by Crippen LogP contribution is 2.39. The molecule has 0 saturated carbocycles. The first-order valence-corrected chi connectivity index (χ1v) is 12.4. The molecule has 3 heterocycles. The van der Waals surface area contributed by atoms with E-state index in [1.165, 1.54) is 0 Å². The molecule has 1 fully saturated rings. The van der Waals surface area contributed by atoms with E-state index in [0.717, 1.165) is 63.0 Å². The van der Waals surface area contributed by atoms with Crippen LogP contribution in [0.1, 0.15) is 11.4 Å². The van der Waals surface area contributed by atoms with Crippen LogP contribution in [0.25, 0.3) is 11.4 Å². The standard InChI is InChI=1S/C27H37N7O4/c1-20(23-8-7-21(34(23)28-2)17-32-11-9-31(10-12-32)13-14-35-3)30-26-18-33(19-29-26)22-15-24(36-4)27(38-6)25(16-22)37-5/h7-8,15-16,18-19,30H,1-2,9-14,17H2,3-6H3. The molecule has 0 radical (unpaired) electrons. The molecule has 0 bridgehead atoms. The normalized spacial score (nSPS) is 14.3. The van der Waals surface area contributed by atoms with Gasteiger partial charge in [-0.25, -0.2) is 9.66 Å². The van der Waals surface area contributed by atoms with Gasteiger partial charge in [-0.15, -0.1) is 0 Å². The van der Waals surface area contributed by atoms with Crippen molar-refractivity contribution in [2.75, 3.05) is 73.1 Å². The number of hydrogen-bond donors (Lipinski definition) is 1. The molecule has 0 atom stereocenters. The summed E-state index contributed by atoms with van der Waals surface area (Å²) in [7, 11) is 6.50. The lowest BCUT2D eigenvalue weighted by Gasteiger charge is -2.34. The molecule has 4 rings (SSSR count). The third kappa shape index (κ3) is 6.01. The summed E-state index contributed by atoms with van der Waals surface area (Å²) in [6.07, 6.45) is 3.57. The minimum Gasteiger partial charge on any atom is -0.493 e. The largest absolute Gasteiger partial charge is 0.493 e. The third-order valence-electron chi connectivity index (χ3n) is 6.66. The van der Waals surface area contributed by atoms with E-state index in [-0.39, 0.29) is 0 Å². The van der Waals surface area contributed by atoms with Gasteiger partial charge in [-0.3, -0.25) is 9.80 Å². The SMILES string of the molecule is C=Nn1c(CN2CCN(CCOC)CC2)ccc1C(=C)Nc1cn(-c2cc(OC)c(OC)c(OC)c2)cn1. The number of ether oxygens (including phenoxy) is 4. The molecule has 2 aromatic heterocycles. The number of piperazine rings is 1. The van der Waals surface area contributed by atoms with Crippen molar-refractivity contribution in [3.05, 3.63) is 54.8 Å². The molecule has 1 aliphatic rings. The lowest BCUT2D eigenvalue weighted by molar-refractivity contribution is 0.0928. The van der Waals surface area contributed by atoms with Crippen molar-refractivity contribution >= 4 is 18.2 Å². The fourth-order valence-corrected chi connectivity index (χ4v) is 4.57. The molecular weight excluding hydrogens is 486 g/mol. The summed E-state index contributed by atoms with van der Waals surface area (Å²) in [5.74, 6) is 2.29. The smallest absolute Gasteiger partial charge is 0.203 e. The van der Waals surface area contributed by atoms with Crippen LogP contribution in [0.4, 0.5) is 5.82 Å². The van der Waals surface area contributed by atoms with Gasteiger partial charge in [-0.2, -0.15) is 5.10 Å². The van der Waals surface area contributed by atoms with E-state index >= 15 is 0 Å². The maximum atomic E-state index is 5.47. The number of anilines is 1.